The van der Waals surface area contributed by atoms with Crippen LogP contribution in [0.15, 0.2) is 0 Å². The van der Waals surface area contributed by atoms with Crippen LogP contribution in [0, 0.1) is 11.8 Å². The molecule has 0 saturated heterocycles. The third kappa shape index (κ3) is 12.9. The molecular formula is C27H50O4. The number of unbranched alkanes of at least 4 members (excludes halogenated alkanes) is 7. The van der Waals surface area contributed by atoms with Crippen LogP contribution in [0.5, 0.6) is 0 Å². The van der Waals surface area contributed by atoms with Gasteiger partial charge in [-0.1, -0.05) is 84.0 Å². The molecule has 0 atom stereocenters. The van der Waals surface area contributed by atoms with Crippen molar-refractivity contribution < 1.29 is 19.0 Å². The fourth-order valence-electron chi connectivity index (χ4n) is 5.40. The Kier molecular flexibility index (Phi) is 15.4. The minimum atomic E-state index is -0.0828. The minimum Gasteiger partial charge on any atom is -0.463 e. The molecule has 0 aliphatic heterocycles. The lowest BCUT2D eigenvalue weighted by Gasteiger charge is -2.35. The fourth-order valence-corrected chi connectivity index (χ4v) is 5.40. The van der Waals surface area contributed by atoms with E-state index in [0.29, 0.717) is 39.0 Å². The van der Waals surface area contributed by atoms with E-state index in [1.165, 1.54) is 96.3 Å². The van der Waals surface area contributed by atoms with Crippen molar-refractivity contribution in [2.45, 2.75) is 129 Å². The third-order valence-corrected chi connectivity index (χ3v) is 7.34. The lowest BCUT2D eigenvalue weighted by atomic mass is 9.73. The number of hydrogen-bond donors (Lipinski definition) is 0. The van der Waals surface area contributed by atoms with Gasteiger partial charge in [0.15, 0.2) is 0 Å². The SMILES string of the molecule is CCCCCCCCCCC(=O)OCCOCCOC1CCC(C2CCCCC2)CC1. The summed E-state index contributed by atoms with van der Waals surface area (Å²) in [5.41, 5.74) is 0. The summed E-state index contributed by atoms with van der Waals surface area (Å²) in [6.45, 7) is 4.33. The molecule has 0 radical (unpaired) electrons. The monoisotopic (exact) mass is 438 g/mol. The van der Waals surface area contributed by atoms with Gasteiger partial charge in [0.25, 0.3) is 0 Å². The molecule has 0 amide bonds. The molecule has 0 heterocycles. The molecule has 31 heavy (non-hydrogen) atoms. The van der Waals surface area contributed by atoms with E-state index in [9.17, 15) is 4.79 Å². The Morgan fingerprint density at radius 1 is 0.677 bits per heavy atom. The van der Waals surface area contributed by atoms with E-state index in [1.54, 1.807) is 0 Å². The highest BCUT2D eigenvalue weighted by Gasteiger charge is 2.28. The van der Waals surface area contributed by atoms with Gasteiger partial charge in [-0.15, -0.1) is 0 Å². The Balaban J connectivity index is 1.32. The van der Waals surface area contributed by atoms with Crippen LogP contribution < -0.4 is 0 Å². The van der Waals surface area contributed by atoms with E-state index in [4.69, 9.17) is 14.2 Å². The molecule has 182 valence electrons. The van der Waals surface area contributed by atoms with E-state index in [0.717, 1.165) is 24.7 Å². The first-order chi connectivity index (χ1) is 15.3. The van der Waals surface area contributed by atoms with E-state index in [1.807, 2.05) is 0 Å². The van der Waals surface area contributed by atoms with Gasteiger partial charge in [0, 0.05) is 6.42 Å². The summed E-state index contributed by atoms with van der Waals surface area (Å²) in [4.78, 5) is 11.8. The van der Waals surface area contributed by atoms with Crippen molar-refractivity contribution in [3.05, 3.63) is 0 Å². The van der Waals surface area contributed by atoms with Crippen LogP contribution >= 0.6 is 0 Å². The van der Waals surface area contributed by atoms with Crippen LogP contribution in [-0.4, -0.2) is 38.5 Å². The maximum atomic E-state index is 11.8. The first-order valence-corrected chi connectivity index (χ1v) is 13.6. The van der Waals surface area contributed by atoms with Crippen molar-refractivity contribution in [3.8, 4) is 0 Å². The first kappa shape index (κ1) is 26.6. The number of carbonyl (C=O) groups excluding carboxylic acids is 1. The summed E-state index contributed by atoms with van der Waals surface area (Å²) >= 11 is 0. The highest BCUT2D eigenvalue weighted by molar-refractivity contribution is 5.69. The zero-order valence-electron chi connectivity index (χ0n) is 20.4. The van der Waals surface area contributed by atoms with Crippen molar-refractivity contribution >= 4 is 5.97 Å². The molecule has 2 aliphatic rings. The number of ether oxygens (including phenoxy) is 3. The summed E-state index contributed by atoms with van der Waals surface area (Å²) in [6.07, 6.45) is 23.4. The first-order valence-electron chi connectivity index (χ1n) is 13.6. The molecule has 0 N–H and O–H groups in total. The van der Waals surface area contributed by atoms with E-state index in [-0.39, 0.29) is 5.97 Å². The average Bonchev–Trinajstić information content (AvgIpc) is 2.81. The van der Waals surface area contributed by atoms with Gasteiger partial charge in [-0.05, 0) is 43.9 Å². The van der Waals surface area contributed by atoms with Gasteiger partial charge in [0.05, 0.1) is 25.9 Å². The number of esters is 1. The Labute approximate surface area is 192 Å². The molecule has 2 fully saturated rings. The number of carbonyl (C=O) groups is 1. The van der Waals surface area contributed by atoms with Crippen molar-refractivity contribution in [2.75, 3.05) is 26.4 Å². The van der Waals surface area contributed by atoms with E-state index in [2.05, 4.69) is 6.92 Å². The summed E-state index contributed by atoms with van der Waals surface area (Å²) in [7, 11) is 0. The van der Waals surface area contributed by atoms with Crippen molar-refractivity contribution in [2.24, 2.45) is 11.8 Å². The highest BCUT2D eigenvalue weighted by Crippen LogP contribution is 2.38. The smallest absolute Gasteiger partial charge is 0.305 e. The Bertz CT molecular complexity index is 425. The van der Waals surface area contributed by atoms with Gasteiger partial charge < -0.3 is 14.2 Å². The Hall–Kier alpha value is -0.610. The molecule has 4 nitrogen and oxygen atoms in total. The van der Waals surface area contributed by atoms with Gasteiger partial charge in [-0.25, -0.2) is 0 Å². The zero-order valence-corrected chi connectivity index (χ0v) is 20.4. The lowest BCUT2D eigenvalue weighted by molar-refractivity contribution is -0.145. The summed E-state index contributed by atoms with van der Waals surface area (Å²) in [5.74, 6) is 1.87. The maximum absolute atomic E-state index is 11.8. The quantitative estimate of drug-likeness (QED) is 0.177. The molecule has 0 aromatic rings. The molecule has 4 heteroatoms. The van der Waals surface area contributed by atoms with Crippen molar-refractivity contribution in [1.29, 1.82) is 0 Å². The molecule has 0 bridgehead atoms. The second-order valence-corrected chi connectivity index (χ2v) is 9.86. The zero-order chi connectivity index (χ0) is 22.0. The van der Waals surface area contributed by atoms with E-state index >= 15 is 0 Å². The van der Waals surface area contributed by atoms with Gasteiger partial charge >= 0.3 is 5.97 Å². The number of rotatable bonds is 17. The number of hydrogen-bond acceptors (Lipinski definition) is 4. The van der Waals surface area contributed by atoms with Crippen LogP contribution in [0.25, 0.3) is 0 Å². The third-order valence-electron chi connectivity index (χ3n) is 7.34. The van der Waals surface area contributed by atoms with Gasteiger partial charge in [0.1, 0.15) is 6.61 Å². The van der Waals surface area contributed by atoms with Gasteiger partial charge in [-0.3, -0.25) is 4.79 Å². The van der Waals surface area contributed by atoms with Crippen LogP contribution in [0.1, 0.15) is 122 Å². The summed E-state index contributed by atoms with van der Waals surface area (Å²) in [5, 5.41) is 0. The molecule has 2 aliphatic carbocycles. The topological polar surface area (TPSA) is 44.8 Å². The van der Waals surface area contributed by atoms with Crippen LogP contribution in [0.2, 0.25) is 0 Å². The molecule has 0 aromatic carbocycles. The largest absolute Gasteiger partial charge is 0.463 e. The van der Waals surface area contributed by atoms with Crippen molar-refractivity contribution in [1.82, 2.24) is 0 Å². The normalized spacial score (nSPS) is 22.5. The molecular weight excluding hydrogens is 388 g/mol. The standard InChI is InChI=1S/C27H50O4/c1-2-3-4-5-6-7-8-12-15-27(28)31-23-21-29-20-22-30-26-18-16-25(17-19-26)24-13-10-9-11-14-24/h24-26H,2-23H2,1H3. The van der Waals surface area contributed by atoms with Crippen LogP contribution in [0.3, 0.4) is 0 Å². The second kappa shape index (κ2) is 17.9. The molecule has 2 saturated carbocycles. The summed E-state index contributed by atoms with van der Waals surface area (Å²) < 4.78 is 16.9. The van der Waals surface area contributed by atoms with Crippen molar-refractivity contribution in [3.63, 3.8) is 0 Å². The predicted molar refractivity (Wildman–Crippen MR) is 127 cm³/mol. The Morgan fingerprint density at radius 3 is 2.00 bits per heavy atom. The molecule has 0 spiro atoms. The molecule has 0 aromatic heterocycles. The van der Waals surface area contributed by atoms with Crippen LogP contribution in [0.4, 0.5) is 0 Å². The fraction of sp³-hybridized carbons (Fsp3) is 0.963. The molecule has 0 unspecified atom stereocenters. The minimum absolute atomic E-state index is 0.0828. The lowest BCUT2D eigenvalue weighted by Crippen LogP contribution is -2.28. The predicted octanol–water partition coefficient (Wildman–Crippen LogP) is 7.23. The highest BCUT2D eigenvalue weighted by atomic mass is 16.6. The molecule has 2 rings (SSSR count). The second-order valence-electron chi connectivity index (χ2n) is 9.86. The van der Waals surface area contributed by atoms with Crippen LogP contribution in [-0.2, 0) is 19.0 Å². The summed E-state index contributed by atoms with van der Waals surface area (Å²) in [6, 6.07) is 0. The average molecular weight is 439 g/mol. The van der Waals surface area contributed by atoms with Gasteiger partial charge in [-0.2, -0.15) is 0 Å². The Morgan fingerprint density at radius 2 is 1.29 bits per heavy atom. The van der Waals surface area contributed by atoms with Gasteiger partial charge in [0.2, 0.25) is 0 Å². The maximum Gasteiger partial charge on any atom is 0.305 e. The van der Waals surface area contributed by atoms with E-state index < -0.39 is 0 Å².